The zero-order valence-corrected chi connectivity index (χ0v) is 7.86. The number of rotatable bonds is 0. The summed E-state index contributed by atoms with van der Waals surface area (Å²) in [6, 6.07) is 3.69. The Balaban J connectivity index is 2.55. The van der Waals surface area contributed by atoms with E-state index in [2.05, 4.69) is 15.0 Å². The first-order valence-electron chi connectivity index (χ1n) is 4.52. The first kappa shape index (κ1) is 8.29. The van der Waals surface area contributed by atoms with E-state index in [1.807, 2.05) is 12.1 Å². The number of aromatic nitrogens is 3. The minimum Gasteiger partial charge on any atom is -0.384 e. The van der Waals surface area contributed by atoms with E-state index in [4.69, 9.17) is 13.6 Å². The van der Waals surface area contributed by atoms with Gasteiger partial charge in [-0.3, -0.25) is 0 Å². The Morgan fingerprint density at radius 3 is 2.87 bits per heavy atom. The Bertz CT molecular complexity index is 603. The van der Waals surface area contributed by atoms with Crippen LogP contribution in [0.3, 0.4) is 0 Å². The Labute approximate surface area is 86.9 Å². The van der Waals surface area contributed by atoms with Gasteiger partial charge < -0.3 is 10.7 Å². The molecule has 0 amide bonds. The van der Waals surface area contributed by atoms with Gasteiger partial charge in [0.2, 0.25) is 0 Å². The molecule has 15 heavy (non-hydrogen) atoms. The van der Waals surface area contributed by atoms with Gasteiger partial charge in [-0.05, 0) is 6.07 Å². The fraction of sp³-hybridized carbons (Fsp3) is 0. The Morgan fingerprint density at radius 1 is 1.13 bits per heavy atom. The molecule has 0 spiro atoms. The monoisotopic (exact) mass is 194 g/mol. The molecule has 0 aliphatic heterocycles. The average molecular weight is 194 g/mol. The fourth-order valence-corrected chi connectivity index (χ4v) is 1.71. The number of hydrogen-bond donors (Lipinski definition) is 2. The third-order valence-electron chi connectivity index (χ3n) is 2.38. The summed E-state index contributed by atoms with van der Waals surface area (Å²) in [4.78, 5) is 11.4. The average Bonchev–Trinajstić information content (AvgIpc) is 2.56. The summed E-state index contributed by atoms with van der Waals surface area (Å²) in [7, 11) is 5.69. The number of nitrogens with zero attached hydrogens (tertiary/aromatic N) is 2. The molecule has 0 bridgehead atoms. The minimum absolute atomic E-state index is 0.492. The lowest BCUT2D eigenvalue weighted by molar-refractivity contribution is 1.33. The smallest absolute Gasteiger partial charge is 0.138 e. The van der Waals surface area contributed by atoms with Crippen LogP contribution in [0.2, 0.25) is 0 Å². The van der Waals surface area contributed by atoms with Crippen molar-refractivity contribution >= 4 is 41.1 Å². The lowest BCUT2D eigenvalue weighted by Crippen LogP contribution is -2.01. The quantitative estimate of drug-likeness (QED) is 0.511. The Kier molecular flexibility index (Phi) is 1.51. The van der Waals surface area contributed by atoms with Crippen LogP contribution in [0.4, 0.5) is 5.82 Å². The van der Waals surface area contributed by atoms with Gasteiger partial charge in [-0.25, -0.2) is 9.97 Å². The lowest BCUT2D eigenvalue weighted by atomic mass is 9.97. The molecule has 0 unspecified atom stereocenters. The standard InChI is InChI=1S/C10H7BN4/c11-5-1-7-6-2-9(12)13-4-8(6)15-10(7)14-3-5/h1-4H,(H2,12,13)(H,14,15). The van der Waals surface area contributed by atoms with Gasteiger partial charge in [0.1, 0.15) is 19.3 Å². The predicted octanol–water partition coefficient (Wildman–Crippen LogP) is 0.487. The van der Waals surface area contributed by atoms with Crippen LogP contribution in [0.5, 0.6) is 0 Å². The molecule has 0 aromatic carbocycles. The lowest BCUT2D eigenvalue weighted by Gasteiger charge is -1.94. The Morgan fingerprint density at radius 2 is 2.00 bits per heavy atom. The summed E-state index contributed by atoms with van der Waals surface area (Å²) >= 11 is 0. The van der Waals surface area contributed by atoms with Gasteiger partial charge in [0.05, 0.1) is 11.7 Å². The number of fused-ring (bicyclic) bond motifs is 3. The van der Waals surface area contributed by atoms with Gasteiger partial charge in [0, 0.05) is 17.0 Å². The molecule has 0 aliphatic carbocycles. The number of pyridine rings is 2. The number of H-pyrrole nitrogens is 1. The number of nitrogen functional groups attached to an aromatic ring is 1. The first-order valence-corrected chi connectivity index (χ1v) is 4.52. The van der Waals surface area contributed by atoms with E-state index < -0.39 is 0 Å². The van der Waals surface area contributed by atoms with Crippen LogP contribution < -0.4 is 11.2 Å². The summed E-state index contributed by atoms with van der Waals surface area (Å²) in [5.41, 5.74) is 7.99. The van der Waals surface area contributed by atoms with E-state index >= 15 is 0 Å². The summed E-state index contributed by atoms with van der Waals surface area (Å²) in [6.45, 7) is 0. The predicted molar refractivity (Wildman–Crippen MR) is 61.2 cm³/mol. The SMILES string of the molecule is [B]c1cnc2[nH]c3cnc(N)cc3c2c1. The second-order valence-electron chi connectivity index (χ2n) is 3.44. The third-order valence-corrected chi connectivity index (χ3v) is 2.38. The summed E-state index contributed by atoms with van der Waals surface area (Å²) in [6.07, 6.45) is 3.32. The third kappa shape index (κ3) is 1.16. The van der Waals surface area contributed by atoms with Gasteiger partial charge in [0.15, 0.2) is 0 Å². The van der Waals surface area contributed by atoms with Crippen molar-refractivity contribution in [2.24, 2.45) is 0 Å². The van der Waals surface area contributed by atoms with E-state index in [-0.39, 0.29) is 0 Å². The fourth-order valence-electron chi connectivity index (χ4n) is 1.71. The topological polar surface area (TPSA) is 67.6 Å². The number of hydrogen-bond acceptors (Lipinski definition) is 3. The number of anilines is 1. The normalized spacial score (nSPS) is 11.2. The number of aromatic amines is 1. The minimum atomic E-state index is 0.492. The summed E-state index contributed by atoms with van der Waals surface area (Å²) in [5.74, 6) is 0.492. The molecule has 3 heterocycles. The molecule has 2 radical (unpaired) electrons. The zero-order valence-electron chi connectivity index (χ0n) is 7.86. The van der Waals surface area contributed by atoms with E-state index in [1.165, 1.54) is 0 Å². The van der Waals surface area contributed by atoms with Crippen molar-refractivity contribution < 1.29 is 0 Å². The van der Waals surface area contributed by atoms with Crippen molar-refractivity contribution in [3.05, 3.63) is 24.5 Å². The van der Waals surface area contributed by atoms with Gasteiger partial charge in [-0.15, -0.1) is 0 Å². The van der Waals surface area contributed by atoms with Crippen molar-refractivity contribution in [3.63, 3.8) is 0 Å². The van der Waals surface area contributed by atoms with Gasteiger partial charge in [-0.2, -0.15) is 0 Å². The van der Waals surface area contributed by atoms with E-state index in [1.54, 1.807) is 12.4 Å². The molecule has 5 heteroatoms. The maximum Gasteiger partial charge on any atom is 0.138 e. The van der Waals surface area contributed by atoms with Crippen LogP contribution >= 0.6 is 0 Å². The Hall–Kier alpha value is -2.04. The summed E-state index contributed by atoms with van der Waals surface area (Å²) < 4.78 is 0. The highest BCUT2D eigenvalue weighted by atomic mass is 14.9. The molecule has 0 saturated carbocycles. The molecule has 70 valence electrons. The van der Waals surface area contributed by atoms with Crippen LogP contribution in [0.15, 0.2) is 24.5 Å². The summed E-state index contributed by atoms with van der Waals surface area (Å²) in [5, 5.41) is 1.97. The molecule has 3 rings (SSSR count). The molecule has 3 aromatic rings. The molecule has 0 atom stereocenters. The highest BCUT2D eigenvalue weighted by Crippen LogP contribution is 2.23. The maximum absolute atomic E-state index is 5.69. The maximum atomic E-state index is 5.69. The van der Waals surface area contributed by atoms with Crippen molar-refractivity contribution in [2.45, 2.75) is 0 Å². The van der Waals surface area contributed by atoms with Crippen LogP contribution in [0.1, 0.15) is 0 Å². The van der Waals surface area contributed by atoms with Crippen molar-refractivity contribution in [1.29, 1.82) is 0 Å². The number of nitrogens with two attached hydrogens (primary N) is 1. The van der Waals surface area contributed by atoms with Crippen LogP contribution in [0, 0.1) is 0 Å². The second kappa shape index (κ2) is 2.73. The van der Waals surface area contributed by atoms with Crippen molar-refractivity contribution in [1.82, 2.24) is 15.0 Å². The second-order valence-corrected chi connectivity index (χ2v) is 3.44. The largest absolute Gasteiger partial charge is 0.384 e. The van der Waals surface area contributed by atoms with Crippen molar-refractivity contribution in [3.8, 4) is 0 Å². The van der Waals surface area contributed by atoms with Gasteiger partial charge in [-0.1, -0.05) is 11.5 Å². The molecular formula is C10H7BN4. The van der Waals surface area contributed by atoms with Crippen LogP contribution in [-0.2, 0) is 0 Å². The molecule has 3 aromatic heterocycles. The van der Waals surface area contributed by atoms with Crippen molar-refractivity contribution in [2.75, 3.05) is 5.73 Å². The van der Waals surface area contributed by atoms with Crippen LogP contribution in [-0.4, -0.2) is 22.8 Å². The molecule has 4 nitrogen and oxygen atoms in total. The van der Waals surface area contributed by atoms with E-state index in [9.17, 15) is 0 Å². The molecule has 0 saturated heterocycles. The first-order chi connectivity index (χ1) is 7.24. The molecule has 3 N–H and O–H groups in total. The van der Waals surface area contributed by atoms with E-state index in [0.717, 1.165) is 21.9 Å². The molecular weight excluding hydrogens is 187 g/mol. The van der Waals surface area contributed by atoms with Crippen LogP contribution in [0.25, 0.3) is 21.9 Å². The van der Waals surface area contributed by atoms with Gasteiger partial charge in [0.25, 0.3) is 0 Å². The van der Waals surface area contributed by atoms with E-state index in [0.29, 0.717) is 11.3 Å². The number of nitrogens with one attached hydrogen (secondary N) is 1. The zero-order chi connectivity index (χ0) is 10.4. The molecule has 0 aliphatic rings. The highest BCUT2D eigenvalue weighted by molar-refractivity contribution is 6.33. The van der Waals surface area contributed by atoms with Gasteiger partial charge >= 0.3 is 0 Å². The highest BCUT2D eigenvalue weighted by Gasteiger charge is 2.05. The molecule has 0 fully saturated rings.